The Kier molecular flexibility index (Phi) is 3.90. The number of hydrogen-bond acceptors (Lipinski definition) is 7. The molecule has 2 fully saturated rings. The summed E-state index contributed by atoms with van der Waals surface area (Å²) in [5, 5.41) is 6.46. The zero-order valence-corrected chi connectivity index (χ0v) is 15.4. The van der Waals surface area contributed by atoms with Crippen molar-refractivity contribution in [2.24, 2.45) is 0 Å². The van der Waals surface area contributed by atoms with Gasteiger partial charge >= 0.3 is 5.97 Å². The normalized spacial score (nSPS) is 33.0. The Morgan fingerprint density at radius 3 is 2.83 bits per heavy atom. The zero-order chi connectivity index (χ0) is 17.0. The molecule has 0 spiro atoms. The third kappa shape index (κ3) is 2.35. The van der Waals surface area contributed by atoms with E-state index in [9.17, 15) is 18.0 Å². The van der Waals surface area contributed by atoms with E-state index in [-0.39, 0.29) is 18.9 Å². The molecule has 9 nitrogen and oxygen atoms in total. The summed E-state index contributed by atoms with van der Waals surface area (Å²) < 4.78 is 30.4. The number of fused-ring (bicyclic) bond motifs is 1. The third-order valence-corrected chi connectivity index (χ3v) is 7.28. The number of sulfone groups is 1. The number of rotatable bonds is 4. The molecule has 0 aromatic carbocycles. The molecular weight excluding hydrogens is 439 g/mol. The number of carbonyl (C=O) groups is 2. The van der Waals surface area contributed by atoms with Gasteiger partial charge in [-0.1, -0.05) is 5.21 Å². The Morgan fingerprint density at radius 2 is 2.30 bits per heavy atom. The summed E-state index contributed by atoms with van der Waals surface area (Å²) in [5.74, 6) is -1.07. The van der Waals surface area contributed by atoms with Crippen molar-refractivity contribution in [1.82, 2.24) is 19.9 Å². The quantitative estimate of drug-likeness (QED) is 0.266. The van der Waals surface area contributed by atoms with Gasteiger partial charge in [-0.05, 0) is 36.4 Å². The number of hydrogen-bond donors (Lipinski definition) is 0. The van der Waals surface area contributed by atoms with Crippen LogP contribution in [0.25, 0.3) is 0 Å². The van der Waals surface area contributed by atoms with E-state index in [1.165, 1.54) is 24.0 Å². The molecule has 0 aliphatic carbocycles. The molecular formula is C12H15IN4O5S. The number of ether oxygens (including phenoxy) is 1. The Bertz CT molecular complexity index is 750. The summed E-state index contributed by atoms with van der Waals surface area (Å²) >= 11 is 1.90. The monoisotopic (exact) mass is 454 g/mol. The van der Waals surface area contributed by atoms with Crippen molar-refractivity contribution in [1.29, 1.82) is 0 Å². The van der Waals surface area contributed by atoms with Crippen molar-refractivity contribution in [3.63, 3.8) is 0 Å². The lowest BCUT2D eigenvalue weighted by Crippen LogP contribution is -2.58. The third-order valence-electron chi connectivity index (χ3n) is 4.26. The molecule has 1 aromatic heterocycles. The molecule has 0 radical (unpaired) electrons. The van der Waals surface area contributed by atoms with E-state index in [2.05, 4.69) is 10.3 Å². The minimum absolute atomic E-state index is 0.0784. The molecule has 4 atom stereocenters. The molecule has 23 heavy (non-hydrogen) atoms. The lowest BCUT2D eigenvalue weighted by Gasteiger charge is -2.36. The number of carbonyl (C=O) groups excluding carboxylic acids is 2. The largest absolute Gasteiger partial charge is 0.450 e. The van der Waals surface area contributed by atoms with E-state index < -0.39 is 36.1 Å². The van der Waals surface area contributed by atoms with Crippen molar-refractivity contribution in [2.75, 3.05) is 0 Å². The smallest absolute Gasteiger partial charge is 0.331 e. The number of halogens is 1. The molecule has 1 aromatic rings. The Balaban J connectivity index is 2.04. The van der Waals surface area contributed by atoms with Crippen LogP contribution in [0.3, 0.4) is 0 Å². The topological polar surface area (TPSA) is 111 Å². The number of amides is 1. The van der Waals surface area contributed by atoms with Crippen LogP contribution in [-0.4, -0.2) is 60.5 Å². The van der Waals surface area contributed by atoms with Crippen LogP contribution in [0, 0.1) is 0 Å². The Morgan fingerprint density at radius 1 is 1.61 bits per heavy atom. The second-order valence-electron chi connectivity index (χ2n) is 5.80. The predicted molar refractivity (Wildman–Crippen MR) is 86.0 cm³/mol. The van der Waals surface area contributed by atoms with E-state index in [0.29, 0.717) is 0 Å². The molecule has 126 valence electrons. The lowest BCUT2D eigenvalue weighted by molar-refractivity contribution is -0.162. The van der Waals surface area contributed by atoms with Crippen LogP contribution in [0.2, 0.25) is 0 Å². The minimum Gasteiger partial charge on any atom is -0.450 e. The van der Waals surface area contributed by atoms with Gasteiger partial charge in [0.2, 0.25) is 5.91 Å². The Labute approximate surface area is 146 Å². The maximum atomic E-state index is 12.9. The minimum atomic E-state index is -3.75. The van der Waals surface area contributed by atoms with Crippen molar-refractivity contribution in [3.8, 4) is 0 Å². The van der Waals surface area contributed by atoms with Gasteiger partial charge in [0.25, 0.3) is 0 Å². The molecule has 11 heteroatoms. The van der Waals surface area contributed by atoms with E-state index in [1.807, 2.05) is 22.6 Å². The number of alkyl halides is 1. The van der Waals surface area contributed by atoms with Crippen LogP contribution in [0.1, 0.15) is 20.3 Å². The molecule has 0 N–H and O–H groups in total. The SMILES string of the molecule is CC(I)OC(=O)[C@@H]1N2C(=O)C[C@H]2S(=O)(=O)[C@@]1(C)Cn1ccnn1. The van der Waals surface area contributed by atoms with Gasteiger partial charge in [-0.25, -0.2) is 13.2 Å². The van der Waals surface area contributed by atoms with Gasteiger partial charge in [0, 0.05) is 6.20 Å². The summed E-state index contributed by atoms with van der Waals surface area (Å²) in [5.41, 5.74) is 0. The second kappa shape index (κ2) is 5.40. The van der Waals surface area contributed by atoms with Crippen LogP contribution in [-0.2, 0) is 30.7 Å². The van der Waals surface area contributed by atoms with Crippen LogP contribution < -0.4 is 0 Å². The molecule has 2 aliphatic rings. The second-order valence-corrected chi connectivity index (χ2v) is 10.1. The summed E-state index contributed by atoms with van der Waals surface area (Å²) in [7, 11) is -3.75. The van der Waals surface area contributed by atoms with Crippen LogP contribution in [0.5, 0.6) is 0 Å². The van der Waals surface area contributed by atoms with Gasteiger partial charge in [0.15, 0.2) is 15.9 Å². The fourth-order valence-electron chi connectivity index (χ4n) is 3.13. The van der Waals surface area contributed by atoms with Gasteiger partial charge in [0.05, 0.1) is 19.2 Å². The summed E-state index contributed by atoms with van der Waals surface area (Å²) in [6.45, 7) is 3.04. The first kappa shape index (κ1) is 16.6. The standard InChI is InChI=1S/C12H15IN4O5S/c1-7(13)22-11(19)10-12(2,6-16-4-3-14-15-16)23(20,21)9-5-8(18)17(9)10/h3-4,7,9-10H,5-6H2,1-2H3/t7?,9-,10+,12+/m1/s1. The van der Waals surface area contributed by atoms with Crippen LogP contribution in [0.4, 0.5) is 0 Å². The molecule has 0 saturated carbocycles. The lowest BCUT2D eigenvalue weighted by atomic mass is 9.96. The highest BCUT2D eigenvalue weighted by Crippen LogP contribution is 2.47. The first-order valence-corrected chi connectivity index (χ1v) is 9.71. The number of β-lactam (4-membered cyclic amide) rings is 1. The number of aromatic nitrogens is 3. The average molecular weight is 454 g/mol. The van der Waals surface area contributed by atoms with E-state index >= 15 is 0 Å². The fraction of sp³-hybridized carbons (Fsp3) is 0.667. The van der Waals surface area contributed by atoms with Crippen LogP contribution in [0.15, 0.2) is 12.4 Å². The predicted octanol–water partition coefficient (Wildman–Crippen LogP) is -0.284. The van der Waals surface area contributed by atoms with Crippen molar-refractivity contribution >= 4 is 44.3 Å². The highest BCUT2D eigenvalue weighted by Gasteiger charge is 2.70. The van der Waals surface area contributed by atoms with E-state index in [4.69, 9.17) is 4.74 Å². The molecule has 2 aliphatic heterocycles. The maximum absolute atomic E-state index is 12.9. The molecule has 1 unspecified atom stereocenters. The molecule has 3 rings (SSSR count). The fourth-order valence-corrected chi connectivity index (χ4v) is 5.74. The zero-order valence-electron chi connectivity index (χ0n) is 12.4. The summed E-state index contributed by atoms with van der Waals surface area (Å²) in [4.78, 5) is 25.5. The van der Waals surface area contributed by atoms with Gasteiger partial charge in [-0.3, -0.25) is 9.48 Å². The highest BCUT2D eigenvalue weighted by atomic mass is 127. The maximum Gasteiger partial charge on any atom is 0.331 e. The van der Waals surface area contributed by atoms with Gasteiger partial charge < -0.3 is 9.64 Å². The van der Waals surface area contributed by atoms with Crippen molar-refractivity contribution in [3.05, 3.63) is 12.4 Å². The van der Waals surface area contributed by atoms with E-state index in [0.717, 1.165) is 4.90 Å². The van der Waals surface area contributed by atoms with Crippen molar-refractivity contribution in [2.45, 2.75) is 47.1 Å². The summed E-state index contributed by atoms with van der Waals surface area (Å²) in [6.07, 6.45) is 2.84. The van der Waals surface area contributed by atoms with E-state index in [1.54, 1.807) is 6.92 Å². The molecule has 2 saturated heterocycles. The Hall–Kier alpha value is -1.24. The summed E-state index contributed by atoms with van der Waals surface area (Å²) in [6, 6.07) is -1.18. The number of esters is 1. The highest BCUT2D eigenvalue weighted by molar-refractivity contribution is 14.1. The van der Waals surface area contributed by atoms with Gasteiger partial charge in [-0.2, -0.15) is 0 Å². The average Bonchev–Trinajstić information content (AvgIpc) is 2.96. The number of nitrogens with zero attached hydrogens (tertiary/aromatic N) is 4. The first-order valence-electron chi connectivity index (χ1n) is 6.92. The first-order chi connectivity index (χ1) is 10.7. The van der Waals surface area contributed by atoms with Crippen molar-refractivity contribution < 1.29 is 22.7 Å². The van der Waals surface area contributed by atoms with Crippen LogP contribution >= 0.6 is 22.6 Å². The van der Waals surface area contributed by atoms with Gasteiger partial charge in [0.1, 0.15) is 14.2 Å². The molecule has 0 bridgehead atoms. The molecule has 1 amide bonds. The van der Waals surface area contributed by atoms with Gasteiger partial charge in [-0.15, -0.1) is 5.10 Å². The molecule has 3 heterocycles.